The molecule has 3 heterocycles. The number of aromatic amines is 1. The molecular weight excluding hydrogens is 334 g/mol. The van der Waals surface area contributed by atoms with Crippen molar-refractivity contribution in [3.8, 4) is 6.01 Å². The van der Waals surface area contributed by atoms with E-state index in [4.69, 9.17) is 10.5 Å². The second-order valence-electron chi connectivity index (χ2n) is 6.00. The minimum absolute atomic E-state index is 0.175. The second-order valence-corrected chi connectivity index (χ2v) is 6.00. The number of anilines is 1. The van der Waals surface area contributed by atoms with Gasteiger partial charge in [-0.1, -0.05) is 19.4 Å². The molecule has 138 valence electrons. The molecule has 0 unspecified atom stereocenters. The summed E-state index contributed by atoms with van der Waals surface area (Å²) in [6.45, 7) is 3.59. The second kappa shape index (κ2) is 7.96. The van der Waals surface area contributed by atoms with E-state index < -0.39 is 0 Å². The first-order valence-corrected chi connectivity index (χ1v) is 8.59. The Bertz CT molecular complexity index is 931. The minimum Gasteiger partial charge on any atom is -0.463 e. The molecule has 0 spiro atoms. The van der Waals surface area contributed by atoms with Crippen LogP contribution in [0.25, 0.3) is 11.2 Å². The molecule has 0 saturated heterocycles. The zero-order chi connectivity index (χ0) is 18.5. The van der Waals surface area contributed by atoms with Crippen LogP contribution in [-0.2, 0) is 13.1 Å². The molecule has 0 radical (unpaired) electrons. The molecule has 0 atom stereocenters. The van der Waals surface area contributed by atoms with Gasteiger partial charge < -0.3 is 20.8 Å². The van der Waals surface area contributed by atoms with Crippen molar-refractivity contribution in [2.24, 2.45) is 0 Å². The Hall–Kier alpha value is -2.94. The van der Waals surface area contributed by atoms with Gasteiger partial charge in [0.05, 0.1) is 18.8 Å². The highest BCUT2D eigenvalue weighted by Crippen LogP contribution is 2.18. The highest BCUT2D eigenvalue weighted by molar-refractivity contribution is 5.81. The summed E-state index contributed by atoms with van der Waals surface area (Å²) in [5.41, 5.74) is 8.28. The fourth-order valence-corrected chi connectivity index (χ4v) is 2.57. The van der Waals surface area contributed by atoms with E-state index in [1.165, 1.54) is 4.57 Å². The van der Waals surface area contributed by atoms with E-state index >= 15 is 0 Å². The standard InChI is InChI=1S/C17H23N7O2/c1-3-4-7-26-16-22-14(18)13-15(23-16)24(17(25)21-13)10-12-6-5-11(8-19-2)9-20-12/h5-6,9,19H,3-4,7-8,10H2,1-2H3,(H,21,25)(H2,18,22,23). The zero-order valence-electron chi connectivity index (χ0n) is 15.0. The van der Waals surface area contributed by atoms with Gasteiger partial charge in [-0.2, -0.15) is 9.97 Å². The van der Waals surface area contributed by atoms with E-state index in [1.54, 1.807) is 6.20 Å². The average Bonchev–Trinajstić information content (AvgIpc) is 2.94. The van der Waals surface area contributed by atoms with Gasteiger partial charge in [-0.05, 0) is 25.1 Å². The van der Waals surface area contributed by atoms with E-state index in [0.717, 1.165) is 30.6 Å². The maximum Gasteiger partial charge on any atom is 0.328 e. The largest absolute Gasteiger partial charge is 0.463 e. The number of hydrogen-bond donors (Lipinski definition) is 3. The number of pyridine rings is 1. The molecule has 0 aliphatic carbocycles. The highest BCUT2D eigenvalue weighted by Gasteiger charge is 2.15. The van der Waals surface area contributed by atoms with Gasteiger partial charge >= 0.3 is 11.7 Å². The summed E-state index contributed by atoms with van der Waals surface area (Å²) in [6.07, 6.45) is 3.68. The molecule has 0 aliphatic heterocycles. The summed E-state index contributed by atoms with van der Waals surface area (Å²) in [6, 6.07) is 4.04. The first kappa shape index (κ1) is 17.9. The minimum atomic E-state index is -0.312. The van der Waals surface area contributed by atoms with Crippen LogP contribution < -0.4 is 21.5 Å². The monoisotopic (exact) mass is 357 g/mol. The lowest BCUT2D eigenvalue weighted by molar-refractivity contribution is 0.286. The third kappa shape index (κ3) is 3.83. The lowest BCUT2D eigenvalue weighted by Gasteiger charge is -2.07. The van der Waals surface area contributed by atoms with Gasteiger partial charge in [-0.15, -0.1) is 0 Å². The summed E-state index contributed by atoms with van der Waals surface area (Å²) >= 11 is 0. The van der Waals surface area contributed by atoms with Gasteiger partial charge in [0.1, 0.15) is 5.52 Å². The number of imidazole rings is 1. The van der Waals surface area contributed by atoms with Crippen LogP contribution in [0.1, 0.15) is 31.0 Å². The molecule has 3 aromatic heterocycles. The molecule has 0 bridgehead atoms. The lowest BCUT2D eigenvalue weighted by Crippen LogP contribution is -2.18. The van der Waals surface area contributed by atoms with Crippen LogP contribution in [0.2, 0.25) is 0 Å². The molecule has 26 heavy (non-hydrogen) atoms. The quantitative estimate of drug-likeness (QED) is 0.515. The number of fused-ring (bicyclic) bond motifs is 1. The Balaban J connectivity index is 1.91. The first-order valence-electron chi connectivity index (χ1n) is 8.59. The van der Waals surface area contributed by atoms with Crippen LogP contribution in [0, 0.1) is 0 Å². The van der Waals surface area contributed by atoms with Crippen molar-refractivity contribution in [1.29, 1.82) is 0 Å². The van der Waals surface area contributed by atoms with Gasteiger partial charge in [0.2, 0.25) is 0 Å². The fraction of sp³-hybridized carbons (Fsp3) is 0.412. The van der Waals surface area contributed by atoms with Crippen molar-refractivity contribution in [1.82, 2.24) is 29.8 Å². The summed E-state index contributed by atoms with van der Waals surface area (Å²) in [4.78, 5) is 27.9. The predicted octanol–water partition coefficient (Wildman–Crippen LogP) is 1.04. The van der Waals surface area contributed by atoms with Crippen molar-refractivity contribution in [3.05, 3.63) is 40.1 Å². The number of ether oxygens (including phenoxy) is 1. The maximum atomic E-state index is 12.3. The van der Waals surface area contributed by atoms with Crippen molar-refractivity contribution < 1.29 is 4.74 Å². The van der Waals surface area contributed by atoms with E-state index in [2.05, 4.69) is 32.2 Å². The fourth-order valence-electron chi connectivity index (χ4n) is 2.57. The SMILES string of the molecule is CCCCOc1nc(N)c2[nH]c(=O)n(Cc3ccc(CNC)cn3)c2n1. The van der Waals surface area contributed by atoms with Gasteiger partial charge in [0, 0.05) is 12.7 Å². The number of nitrogens with one attached hydrogen (secondary N) is 2. The van der Waals surface area contributed by atoms with Gasteiger partial charge in [-0.25, -0.2) is 4.79 Å². The van der Waals surface area contributed by atoms with E-state index in [-0.39, 0.29) is 24.1 Å². The number of H-pyrrole nitrogens is 1. The predicted molar refractivity (Wildman–Crippen MR) is 99.1 cm³/mol. The molecule has 0 saturated carbocycles. The Labute approximate surface area is 150 Å². The number of aromatic nitrogens is 5. The van der Waals surface area contributed by atoms with Crippen molar-refractivity contribution >= 4 is 17.0 Å². The van der Waals surface area contributed by atoms with Gasteiger partial charge in [-0.3, -0.25) is 9.55 Å². The number of nitrogens with two attached hydrogens (primary N) is 1. The number of hydrogen-bond acceptors (Lipinski definition) is 7. The molecule has 4 N–H and O–H groups in total. The summed E-state index contributed by atoms with van der Waals surface area (Å²) in [5, 5.41) is 3.07. The third-order valence-electron chi connectivity index (χ3n) is 3.95. The van der Waals surface area contributed by atoms with Gasteiger partial charge in [0.15, 0.2) is 11.5 Å². The van der Waals surface area contributed by atoms with Crippen LogP contribution in [0.3, 0.4) is 0 Å². The van der Waals surface area contributed by atoms with Crippen LogP contribution in [0.15, 0.2) is 23.1 Å². The molecule has 0 aliphatic rings. The first-order chi connectivity index (χ1) is 12.6. The highest BCUT2D eigenvalue weighted by atomic mass is 16.5. The average molecular weight is 357 g/mol. The Morgan fingerprint density at radius 2 is 2.19 bits per heavy atom. The van der Waals surface area contributed by atoms with Crippen LogP contribution in [-0.4, -0.2) is 38.2 Å². The van der Waals surface area contributed by atoms with E-state index in [0.29, 0.717) is 17.8 Å². The third-order valence-corrected chi connectivity index (χ3v) is 3.95. The molecule has 0 fully saturated rings. The van der Waals surface area contributed by atoms with Crippen molar-refractivity contribution in [3.63, 3.8) is 0 Å². The maximum absolute atomic E-state index is 12.3. The summed E-state index contributed by atoms with van der Waals surface area (Å²) in [7, 11) is 1.88. The molecule has 9 heteroatoms. The topological polar surface area (TPSA) is 124 Å². The molecular formula is C17H23N7O2. The molecule has 3 rings (SSSR count). The Kier molecular flexibility index (Phi) is 5.47. The van der Waals surface area contributed by atoms with Crippen LogP contribution in [0.4, 0.5) is 5.82 Å². The van der Waals surface area contributed by atoms with Crippen LogP contribution in [0.5, 0.6) is 6.01 Å². The molecule has 0 aromatic carbocycles. The number of nitrogens with zero attached hydrogens (tertiary/aromatic N) is 4. The van der Waals surface area contributed by atoms with Gasteiger partial charge in [0.25, 0.3) is 0 Å². The summed E-state index contributed by atoms with van der Waals surface area (Å²) in [5.74, 6) is 0.190. The summed E-state index contributed by atoms with van der Waals surface area (Å²) < 4.78 is 7.02. The normalized spacial score (nSPS) is 11.2. The number of rotatable bonds is 8. The molecule has 9 nitrogen and oxygen atoms in total. The Morgan fingerprint density at radius 1 is 1.35 bits per heavy atom. The van der Waals surface area contributed by atoms with E-state index in [1.807, 2.05) is 19.2 Å². The molecule has 0 amide bonds. The van der Waals surface area contributed by atoms with E-state index in [9.17, 15) is 4.79 Å². The Morgan fingerprint density at radius 3 is 2.88 bits per heavy atom. The zero-order valence-corrected chi connectivity index (χ0v) is 15.0. The van der Waals surface area contributed by atoms with Crippen LogP contribution >= 0.6 is 0 Å². The smallest absolute Gasteiger partial charge is 0.328 e. The molecule has 3 aromatic rings. The van der Waals surface area contributed by atoms with Crippen molar-refractivity contribution in [2.45, 2.75) is 32.9 Å². The van der Waals surface area contributed by atoms with Crippen molar-refractivity contribution in [2.75, 3.05) is 19.4 Å². The number of nitrogen functional groups attached to an aromatic ring is 1. The number of unbranched alkanes of at least 4 members (excludes halogenated alkanes) is 1. The lowest BCUT2D eigenvalue weighted by atomic mass is 10.2.